The lowest BCUT2D eigenvalue weighted by molar-refractivity contribution is 0.0725. The van der Waals surface area contributed by atoms with Crippen LogP contribution in [-0.4, -0.2) is 58.6 Å². The van der Waals surface area contributed by atoms with E-state index < -0.39 is 11.9 Å². The minimum Gasteiger partial charge on any atom is -0.507 e. The number of carbonyl (C=O) groups excluding carboxylic acids is 4. The van der Waals surface area contributed by atoms with Crippen molar-refractivity contribution in [3.63, 3.8) is 0 Å². The summed E-state index contributed by atoms with van der Waals surface area (Å²) >= 11 is 0. The molecule has 0 radical (unpaired) electrons. The Labute approximate surface area is 432 Å². The summed E-state index contributed by atoms with van der Waals surface area (Å²) in [5.41, 5.74) is 11.5. The first-order chi connectivity index (χ1) is 37.2. The first-order valence-corrected chi connectivity index (χ1v) is 24.2. The van der Waals surface area contributed by atoms with Crippen molar-refractivity contribution in [3.8, 4) is 28.6 Å². The van der Waals surface area contributed by atoms with Crippen LogP contribution in [0.25, 0.3) is 55.4 Å². The normalized spacial score (nSPS) is 14.1. The number of aromatic nitrogens is 5. The van der Waals surface area contributed by atoms with Crippen LogP contribution < -0.4 is 14.8 Å². The predicted octanol–water partition coefficient (Wildman–Crippen LogP) is 12.4. The summed E-state index contributed by atoms with van der Waals surface area (Å²) in [6.45, 7) is 0. The Balaban J connectivity index is 0.000000124. The van der Waals surface area contributed by atoms with Crippen molar-refractivity contribution < 1.29 is 38.9 Å². The van der Waals surface area contributed by atoms with Crippen molar-refractivity contribution in [2.24, 2.45) is 0 Å². The number of benzene rings is 6. The third-order valence-electron chi connectivity index (χ3n) is 13.6. The zero-order valence-corrected chi connectivity index (χ0v) is 40.1. The van der Waals surface area contributed by atoms with Gasteiger partial charge in [0.1, 0.15) is 22.9 Å². The number of ketones is 2. The lowest BCUT2D eigenvalue weighted by Crippen LogP contribution is -2.10. The van der Waals surface area contributed by atoms with Crippen LogP contribution in [0.3, 0.4) is 0 Å². The number of aliphatic hydroxyl groups is 1. The van der Waals surface area contributed by atoms with Gasteiger partial charge in [-0.3, -0.25) is 19.6 Å². The number of esters is 2. The van der Waals surface area contributed by atoms with E-state index in [0.717, 1.165) is 49.9 Å². The number of pyridine rings is 2. The topological polar surface area (TPSA) is 212 Å². The Bertz CT molecular complexity index is 4010. The summed E-state index contributed by atoms with van der Waals surface area (Å²) in [6, 6.07) is 51.5. The second kappa shape index (κ2) is 19.4. The molecule has 0 spiro atoms. The van der Waals surface area contributed by atoms with Crippen molar-refractivity contribution in [3.05, 3.63) is 251 Å². The number of nitrogens with zero attached hydrogens (tertiary/aromatic N) is 2. The van der Waals surface area contributed by atoms with Crippen molar-refractivity contribution >= 4 is 73.2 Å². The average molecular weight is 999 g/mol. The number of H-pyrrole nitrogens is 3. The largest absolute Gasteiger partial charge is 0.507 e. The third-order valence-corrected chi connectivity index (χ3v) is 13.6. The Morgan fingerprint density at radius 2 is 0.882 bits per heavy atom. The van der Waals surface area contributed by atoms with Crippen LogP contribution >= 0.6 is 0 Å². The molecule has 0 saturated heterocycles. The molecule has 0 saturated carbocycles. The predicted molar refractivity (Wildman–Crippen MR) is 289 cm³/mol. The average Bonchev–Trinajstić information content (AvgIpc) is 4.33. The summed E-state index contributed by atoms with van der Waals surface area (Å²) in [5, 5.41) is 26.1. The fourth-order valence-electron chi connectivity index (χ4n) is 9.83. The van der Waals surface area contributed by atoms with Gasteiger partial charge in [-0.25, -0.2) is 9.59 Å². The number of aliphatic hydroxyl groups excluding tert-OH is 1. The molecule has 0 fully saturated rings. The molecule has 368 valence electrons. The zero-order chi connectivity index (χ0) is 51.9. The van der Waals surface area contributed by atoms with Crippen LogP contribution in [0.15, 0.2) is 206 Å². The molecule has 0 atom stereocenters. The number of para-hydroxylation sites is 4. The number of allylic oxidation sites excluding steroid dienone is 3. The van der Waals surface area contributed by atoms with Gasteiger partial charge in [-0.05, 0) is 83.9 Å². The number of aromatic amines is 3. The highest BCUT2D eigenvalue weighted by atomic mass is 16.5. The summed E-state index contributed by atoms with van der Waals surface area (Å²) in [4.78, 5) is 68.6. The maximum Gasteiger partial charge on any atom is 0.343 e. The number of aromatic hydroxyl groups is 1. The molecule has 3 aliphatic rings. The Morgan fingerprint density at radius 1 is 0.447 bits per heavy atom. The number of Topliss-reactive ketones (excluding diaryl/α,β-unsaturated/α-hetero) is 2. The van der Waals surface area contributed by atoms with E-state index in [-0.39, 0.29) is 23.1 Å². The van der Waals surface area contributed by atoms with Crippen LogP contribution in [0.5, 0.6) is 17.2 Å². The van der Waals surface area contributed by atoms with Gasteiger partial charge < -0.3 is 40.0 Å². The highest BCUT2D eigenvalue weighted by Crippen LogP contribution is 2.45. The number of hydrogen-bond acceptors (Lipinski definition) is 11. The fraction of sp³-hybridized carbons (Fsp3) is 0.0323. The van der Waals surface area contributed by atoms with E-state index in [1.807, 2.05) is 140 Å². The van der Waals surface area contributed by atoms with Gasteiger partial charge in [-0.2, -0.15) is 0 Å². The smallest absolute Gasteiger partial charge is 0.343 e. The van der Waals surface area contributed by atoms with Crippen LogP contribution in [0.2, 0.25) is 0 Å². The molecule has 0 amide bonds. The number of rotatable bonds is 6. The van der Waals surface area contributed by atoms with E-state index in [1.165, 1.54) is 24.8 Å². The summed E-state index contributed by atoms with van der Waals surface area (Å²) in [6.07, 6.45) is 7.27. The van der Waals surface area contributed by atoms with Gasteiger partial charge >= 0.3 is 11.9 Å². The molecule has 14 heteroatoms. The number of hydrogen-bond donors (Lipinski definition) is 6. The Kier molecular flexibility index (Phi) is 11.9. The van der Waals surface area contributed by atoms with Gasteiger partial charge in [0.05, 0.1) is 22.5 Å². The second-order valence-corrected chi connectivity index (χ2v) is 18.1. The number of ether oxygens (including phenoxy) is 2. The summed E-state index contributed by atoms with van der Waals surface area (Å²) < 4.78 is 11.8. The molecule has 6 aromatic carbocycles. The monoisotopic (exact) mass is 998 g/mol. The molecule has 6 heterocycles. The van der Waals surface area contributed by atoms with E-state index >= 15 is 0 Å². The van der Waals surface area contributed by atoms with Gasteiger partial charge in [-0.15, -0.1) is 0 Å². The minimum atomic E-state index is -0.533. The highest BCUT2D eigenvalue weighted by Gasteiger charge is 2.34. The van der Waals surface area contributed by atoms with Gasteiger partial charge in [0.2, 0.25) is 5.78 Å². The number of carbonyl (C=O) groups is 4. The molecule has 6 N–H and O–H groups in total. The second-order valence-electron chi connectivity index (χ2n) is 18.1. The number of anilines is 1. The fourth-order valence-corrected chi connectivity index (χ4v) is 9.83. The quantitative estimate of drug-likeness (QED) is 0.0681. The maximum absolute atomic E-state index is 13.0. The maximum atomic E-state index is 13.0. The highest BCUT2D eigenvalue weighted by molar-refractivity contribution is 6.25. The Morgan fingerprint density at radius 3 is 1.41 bits per heavy atom. The molecule has 11 aromatic rings. The van der Waals surface area contributed by atoms with Gasteiger partial charge in [0, 0.05) is 104 Å². The van der Waals surface area contributed by atoms with Crippen molar-refractivity contribution in [2.75, 3.05) is 5.32 Å². The molecule has 0 bridgehead atoms. The van der Waals surface area contributed by atoms with Gasteiger partial charge in [0.15, 0.2) is 17.3 Å². The van der Waals surface area contributed by atoms with Crippen LogP contribution in [0.1, 0.15) is 63.8 Å². The molecule has 1 aliphatic heterocycles. The van der Waals surface area contributed by atoms with E-state index in [1.54, 1.807) is 30.3 Å². The lowest BCUT2D eigenvalue weighted by Gasteiger charge is -2.09. The summed E-state index contributed by atoms with van der Waals surface area (Å²) in [5.74, 6) is -0.0940. The molecular formula is C62H42N6O8. The molecule has 5 aromatic heterocycles. The minimum absolute atomic E-state index is 0.0377. The van der Waals surface area contributed by atoms with Crippen LogP contribution in [-0.2, 0) is 12.8 Å². The van der Waals surface area contributed by atoms with Crippen LogP contribution in [0.4, 0.5) is 5.69 Å². The molecular weight excluding hydrogens is 957 g/mol. The Hall–Kier alpha value is -10.6. The van der Waals surface area contributed by atoms with E-state index in [0.29, 0.717) is 85.7 Å². The first kappa shape index (κ1) is 46.5. The third kappa shape index (κ3) is 8.40. The molecule has 2 aliphatic carbocycles. The first-order valence-electron chi connectivity index (χ1n) is 24.2. The van der Waals surface area contributed by atoms with Crippen LogP contribution in [0, 0.1) is 0 Å². The SMILES string of the molecule is O=C(Oc1c(-c2[nH]c3ccccc3c2OC(=O)c2ccncc2)[nH]c2ccccc12)c1ccncc1.O=C1/C(=C2\Nc3ccccc3C2=O)Cc2ccccc21.OC1=C(c2[nH]c3ccccc3c2O)Cc2ccccc21. The van der Waals surface area contributed by atoms with E-state index in [4.69, 9.17) is 9.47 Å². The van der Waals surface area contributed by atoms with Gasteiger partial charge in [-0.1, -0.05) is 97.1 Å². The summed E-state index contributed by atoms with van der Waals surface area (Å²) in [7, 11) is 0. The van der Waals surface area contributed by atoms with Crippen molar-refractivity contribution in [2.45, 2.75) is 12.8 Å². The van der Waals surface area contributed by atoms with Crippen molar-refractivity contribution in [1.29, 1.82) is 0 Å². The van der Waals surface area contributed by atoms with E-state index in [2.05, 4.69) is 30.2 Å². The van der Waals surface area contributed by atoms with Gasteiger partial charge in [0.25, 0.3) is 0 Å². The number of fused-ring (bicyclic) bond motifs is 6. The lowest BCUT2D eigenvalue weighted by atomic mass is 10.1. The van der Waals surface area contributed by atoms with E-state index in [9.17, 15) is 29.4 Å². The molecule has 76 heavy (non-hydrogen) atoms. The molecule has 14 nitrogen and oxygen atoms in total. The molecule has 14 rings (SSSR count). The molecule has 0 unspecified atom stereocenters. The van der Waals surface area contributed by atoms with Crippen molar-refractivity contribution in [1.82, 2.24) is 24.9 Å². The zero-order valence-electron chi connectivity index (χ0n) is 40.1. The number of nitrogens with one attached hydrogen (secondary N) is 4. The standard InChI is InChI=1S/C28H18N4O4.C17H13NO2.C17H11NO2/c33-27(17-9-13-29-14-10-17)35-25-19-5-1-3-7-21(19)31-23(25)24-26(20-6-2-4-8-22(20)32-24)36-28(34)18-11-15-30-16-12-18;2*19-16-11-6-2-1-5-10(11)9-13(16)15-17(20)12-7-3-4-8-14(12)18-15/h1-16,31-32H;1-8,18-20H,9H2;1-8,18H,9H2/b;;15-13-.